The van der Waals surface area contributed by atoms with Crippen molar-refractivity contribution in [2.24, 2.45) is 0 Å². The Morgan fingerprint density at radius 1 is 1.10 bits per heavy atom. The summed E-state index contributed by atoms with van der Waals surface area (Å²) in [4.78, 5) is 1.15. The highest BCUT2D eigenvalue weighted by Crippen LogP contribution is 2.22. The molecule has 0 aliphatic heterocycles. The Morgan fingerprint density at radius 3 is 2.65 bits per heavy atom. The van der Waals surface area contributed by atoms with E-state index < -0.39 is 0 Å². The van der Waals surface area contributed by atoms with E-state index in [-0.39, 0.29) is 0 Å². The molecule has 5 heteroatoms. The third-order valence-electron chi connectivity index (χ3n) is 2.71. The van der Waals surface area contributed by atoms with Gasteiger partial charge in [0.1, 0.15) is 5.75 Å². The summed E-state index contributed by atoms with van der Waals surface area (Å²) in [6.07, 6.45) is 3.77. The van der Waals surface area contributed by atoms with Crippen LogP contribution in [0.2, 0.25) is 0 Å². The van der Waals surface area contributed by atoms with Crippen molar-refractivity contribution in [1.29, 1.82) is 0 Å². The topological polar surface area (TPSA) is 48.2 Å². The Bertz CT molecular complexity index is 700. The summed E-state index contributed by atoms with van der Waals surface area (Å²) in [6.45, 7) is 0. The van der Waals surface area contributed by atoms with Gasteiger partial charge in [0.15, 0.2) is 0 Å². The van der Waals surface area contributed by atoms with Crippen LogP contribution in [-0.4, -0.2) is 17.3 Å². The number of hydrogen-bond acceptors (Lipinski definition) is 5. The first-order valence-electron chi connectivity index (χ1n) is 6.05. The molecule has 0 atom stereocenters. The first-order valence-corrected chi connectivity index (χ1v) is 6.92. The molecule has 2 aromatic heterocycles. The number of ether oxygens (including phenoxy) is 1. The molecule has 0 saturated carbocycles. The van der Waals surface area contributed by atoms with E-state index in [0.717, 1.165) is 16.2 Å². The largest absolute Gasteiger partial charge is 0.497 e. The number of aromatic nitrogens is 2. The molecule has 3 aromatic rings. The fourth-order valence-corrected chi connectivity index (χ4v) is 2.31. The zero-order chi connectivity index (χ0) is 13.8. The Kier molecular flexibility index (Phi) is 3.60. The second kappa shape index (κ2) is 5.71. The lowest BCUT2D eigenvalue weighted by Gasteiger charge is -1.98. The van der Waals surface area contributed by atoms with Gasteiger partial charge in [-0.05, 0) is 41.8 Å². The number of methoxy groups -OCH3 is 1. The molecule has 20 heavy (non-hydrogen) atoms. The monoisotopic (exact) mass is 284 g/mol. The fourth-order valence-electron chi connectivity index (χ4n) is 1.69. The first-order chi connectivity index (χ1) is 9.85. The average Bonchev–Trinajstić information content (AvgIpc) is 3.17. The van der Waals surface area contributed by atoms with Gasteiger partial charge in [0, 0.05) is 16.5 Å². The van der Waals surface area contributed by atoms with Crippen LogP contribution in [-0.2, 0) is 0 Å². The maximum absolute atomic E-state index is 5.60. The standard InChI is InChI=1S/C15H12N2O2S/c1-18-12-6-4-11(5-7-12)15-17-16-14(19-15)9-8-13-3-2-10-20-13/h2-10H,1H3. The number of thiophene rings is 1. The quantitative estimate of drug-likeness (QED) is 0.727. The lowest BCUT2D eigenvalue weighted by Crippen LogP contribution is -1.82. The molecule has 0 aliphatic rings. The first kappa shape index (κ1) is 12.6. The summed E-state index contributed by atoms with van der Waals surface area (Å²) in [5.41, 5.74) is 0.870. The van der Waals surface area contributed by atoms with Crippen LogP contribution in [0.4, 0.5) is 0 Å². The molecule has 100 valence electrons. The average molecular weight is 284 g/mol. The molecular weight excluding hydrogens is 272 g/mol. The van der Waals surface area contributed by atoms with Crippen molar-refractivity contribution in [1.82, 2.24) is 10.2 Å². The molecule has 0 radical (unpaired) electrons. The van der Waals surface area contributed by atoms with Gasteiger partial charge in [-0.1, -0.05) is 6.07 Å². The van der Waals surface area contributed by atoms with E-state index >= 15 is 0 Å². The molecule has 1 aromatic carbocycles. The number of benzene rings is 1. The summed E-state index contributed by atoms with van der Waals surface area (Å²) < 4.78 is 10.7. The van der Waals surface area contributed by atoms with Gasteiger partial charge in [0.25, 0.3) is 0 Å². The van der Waals surface area contributed by atoms with Crippen molar-refractivity contribution < 1.29 is 9.15 Å². The molecule has 0 saturated heterocycles. The Labute approximate surface area is 120 Å². The zero-order valence-corrected chi connectivity index (χ0v) is 11.6. The van der Waals surface area contributed by atoms with E-state index in [1.54, 1.807) is 18.4 Å². The van der Waals surface area contributed by atoms with E-state index in [4.69, 9.17) is 9.15 Å². The number of nitrogens with zero attached hydrogens (tertiary/aromatic N) is 2. The van der Waals surface area contributed by atoms with Gasteiger partial charge in [-0.15, -0.1) is 21.5 Å². The summed E-state index contributed by atoms with van der Waals surface area (Å²) in [5.74, 6) is 1.79. The fraction of sp³-hybridized carbons (Fsp3) is 0.0667. The molecule has 0 unspecified atom stereocenters. The van der Waals surface area contributed by atoms with Crippen LogP contribution in [0.3, 0.4) is 0 Å². The second-order valence-electron chi connectivity index (χ2n) is 4.02. The molecular formula is C15H12N2O2S. The highest BCUT2D eigenvalue weighted by Gasteiger charge is 2.06. The predicted molar refractivity (Wildman–Crippen MR) is 79.5 cm³/mol. The van der Waals surface area contributed by atoms with Crippen LogP contribution in [0.25, 0.3) is 23.6 Å². The van der Waals surface area contributed by atoms with Crippen LogP contribution in [0.5, 0.6) is 5.75 Å². The van der Waals surface area contributed by atoms with Crippen molar-refractivity contribution in [2.45, 2.75) is 0 Å². The van der Waals surface area contributed by atoms with Crippen LogP contribution >= 0.6 is 11.3 Å². The summed E-state index contributed by atoms with van der Waals surface area (Å²) >= 11 is 1.66. The van der Waals surface area contributed by atoms with Crippen LogP contribution in [0, 0.1) is 0 Å². The molecule has 0 N–H and O–H groups in total. The normalized spacial score (nSPS) is 11.1. The van der Waals surface area contributed by atoms with Gasteiger partial charge >= 0.3 is 0 Å². The molecule has 4 nitrogen and oxygen atoms in total. The molecule has 0 bridgehead atoms. The predicted octanol–water partition coefficient (Wildman–Crippen LogP) is 3.98. The summed E-state index contributed by atoms with van der Waals surface area (Å²) in [5, 5.41) is 10.1. The van der Waals surface area contributed by atoms with Crippen LogP contribution in [0.1, 0.15) is 10.8 Å². The van der Waals surface area contributed by atoms with Crippen molar-refractivity contribution in [3.63, 3.8) is 0 Å². The van der Waals surface area contributed by atoms with Crippen molar-refractivity contribution in [3.8, 4) is 17.2 Å². The highest BCUT2D eigenvalue weighted by molar-refractivity contribution is 7.10. The van der Waals surface area contributed by atoms with E-state index in [1.165, 1.54) is 0 Å². The van der Waals surface area contributed by atoms with Gasteiger partial charge in [-0.2, -0.15) is 0 Å². The molecule has 3 rings (SSSR count). The Hall–Kier alpha value is -2.40. The maximum Gasteiger partial charge on any atom is 0.248 e. The molecule has 0 amide bonds. The molecule has 0 fully saturated rings. The van der Waals surface area contributed by atoms with Gasteiger partial charge in [0.2, 0.25) is 11.8 Å². The molecule has 2 heterocycles. The minimum atomic E-state index is 0.490. The second-order valence-corrected chi connectivity index (χ2v) is 5.00. The van der Waals surface area contributed by atoms with Gasteiger partial charge in [-0.3, -0.25) is 0 Å². The minimum Gasteiger partial charge on any atom is -0.497 e. The number of rotatable bonds is 4. The van der Waals surface area contributed by atoms with Crippen molar-refractivity contribution in [3.05, 3.63) is 52.5 Å². The minimum absolute atomic E-state index is 0.490. The molecule has 0 aliphatic carbocycles. The third-order valence-corrected chi connectivity index (χ3v) is 3.55. The SMILES string of the molecule is COc1ccc(-c2nnc(C=Cc3cccs3)o2)cc1. The Morgan fingerprint density at radius 2 is 1.95 bits per heavy atom. The van der Waals surface area contributed by atoms with E-state index in [1.807, 2.05) is 53.9 Å². The lowest BCUT2D eigenvalue weighted by atomic mass is 10.2. The van der Waals surface area contributed by atoms with Gasteiger partial charge in [0.05, 0.1) is 7.11 Å². The number of hydrogen-bond donors (Lipinski definition) is 0. The maximum atomic E-state index is 5.60. The third kappa shape index (κ3) is 2.78. The highest BCUT2D eigenvalue weighted by atomic mass is 32.1. The molecule has 0 spiro atoms. The van der Waals surface area contributed by atoms with Gasteiger partial charge in [-0.25, -0.2) is 0 Å². The van der Waals surface area contributed by atoms with E-state index in [9.17, 15) is 0 Å². The van der Waals surface area contributed by atoms with Crippen molar-refractivity contribution >= 4 is 23.5 Å². The summed E-state index contributed by atoms with van der Waals surface area (Å²) in [7, 11) is 1.63. The smallest absolute Gasteiger partial charge is 0.248 e. The van der Waals surface area contributed by atoms with Gasteiger partial charge < -0.3 is 9.15 Å². The summed E-state index contributed by atoms with van der Waals surface area (Å²) in [6, 6.07) is 11.5. The van der Waals surface area contributed by atoms with E-state index in [0.29, 0.717) is 11.8 Å². The van der Waals surface area contributed by atoms with E-state index in [2.05, 4.69) is 10.2 Å². The zero-order valence-electron chi connectivity index (χ0n) is 10.8. The van der Waals surface area contributed by atoms with Crippen LogP contribution in [0.15, 0.2) is 46.2 Å². The lowest BCUT2D eigenvalue weighted by molar-refractivity contribution is 0.415. The van der Waals surface area contributed by atoms with Crippen LogP contribution < -0.4 is 4.74 Å². The Balaban J connectivity index is 1.79. The van der Waals surface area contributed by atoms with Crippen molar-refractivity contribution in [2.75, 3.05) is 7.11 Å².